The number of rotatable bonds is 2. The van der Waals surface area contributed by atoms with Gasteiger partial charge in [-0.15, -0.1) is 0 Å². The summed E-state index contributed by atoms with van der Waals surface area (Å²) in [5.41, 5.74) is -2.18. The lowest BCUT2D eigenvalue weighted by Crippen LogP contribution is -2.00. The van der Waals surface area contributed by atoms with E-state index < -0.39 is 33.6 Å². The Bertz CT molecular complexity index is 386. The number of alkyl halides is 2. The summed E-state index contributed by atoms with van der Waals surface area (Å²) in [4.78, 5) is 12.0. The van der Waals surface area contributed by atoms with Crippen LogP contribution in [0.15, 0.2) is 6.20 Å². The van der Waals surface area contributed by atoms with E-state index in [0.29, 0.717) is 6.20 Å². The van der Waals surface area contributed by atoms with Crippen molar-refractivity contribution in [3.05, 3.63) is 32.8 Å². The molecular weight excluding hydrogens is 225 g/mol. The number of hydrogen-bond acceptors (Lipinski definition) is 3. The lowest BCUT2D eigenvalue weighted by Gasteiger charge is -2.02. The van der Waals surface area contributed by atoms with E-state index in [4.69, 9.17) is 11.6 Å². The molecule has 0 aliphatic rings. The van der Waals surface area contributed by atoms with Gasteiger partial charge in [0.1, 0.15) is 10.7 Å². The fourth-order valence-corrected chi connectivity index (χ4v) is 1.08. The van der Waals surface area contributed by atoms with E-state index in [1.807, 2.05) is 0 Å². The molecule has 8 heteroatoms. The van der Waals surface area contributed by atoms with Crippen LogP contribution in [-0.4, -0.2) is 9.91 Å². The number of nitrogens with zero attached hydrogens (tertiary/aromatic N) is 2. The Labute approximate surface area is 80.5 Å². The van der Waals surface area contributed by atoms with E-state index >= 15 is 0 Å². The Morgan fingerprint density at radius 2 is 2.14 bits per heavy atom. The molecule has 1 aromatic rings. The van der Waals surface area contributed by atoms with E-state index in [1.165, 1.54) is 0 Å². The molecule has 0 saturated heterocycles. The maximum Gasteiger partial charge on any atom is 0.326 e. The maximum absolute atomic E-state index is 12.7. The molecule has 76 valence electrons. The predicted octanol–water partition coefficient (Wildman–Crippen LogP) is 2.72. The van der Waals surface area contributed by atoms with Crippen LogP contribution in [0, 0.1) is 15.9 Å². The van der Waals surface area contributed by atoms with Crippen molar-refractivity contribution in [2.24, 2.45) is 0 Å². The number of pyridine rings is 1. The molecule has 0 unspecified atom stereocenters. The van der Waals surface area contributed by atoms with Crippen LogP contribution in [0.5, 0.6) is 0 Å². The SMILES string of the molecule is O=[N+]([O-])c1c(F)cnc(C(F)F)c1Cl. The van der Waals surface area contributed by atoms with Gasteiger partial charge in [0.05, 0.1) is 11.1 Å². The molecule has 0 N–H and O–H groups in total. The second kappa shape index (κ2) is 3.79. The van der Waals surface area contributed by atoms with Gasteiger partial charge in [-0.05, 0) is 0 Å². The van der Waals surface area contributed by atoms with Gasteiger partial charge in [0.15, 0.2) is 0 Å². The molecule has 0 bridgehead atoms. The van der Waals surface area contributed by atoms with E-state index in [0.717, 1.165) is 0 Å². The number of aromatic nitrogens is 1. The average molecular weight is 227 g/mol. The van der Waals surface area contributed by atoms with Crippen LogP contribution < -0.4 is 0 Å². The highest BCUT2D eigenvalue weighted by Gasteiger charge is 2.27. The summed E-state index contributed by atoms with van der Waals surface area (Å²) in [6.07, 6.45) is -2.74. The second-order valence-corrected chi connectivity index (χ2v) is 2.59. The summed E-state index contributed by atoms with van der Waals surface area (Å²) < 4.78 is 36.9. The van der Waals surface area contributed by atoms with Crippen molar-refractivity contribution < 1.29 is 18.1 Å². The third-order valence-electron chi connectivity index (χ3n) is 1.37. The lowest BCUT2D eigenvalue weighted by atomic mass is 10.3. The van der Waals surface area contributed by atoms with Crippen molar-refractivity contribution in [1.82, 2.24) is 4.98 Å². The van der Waals surface area contributed by atoms with Crippen LogP contribution in [-0.2, 0) is 0 Å². The fourth-order valence-electron chi connectivity index (χ4n) is 0.790. The van der Waals surface area contributed by atoms with Gasteiger partial charge in [0, 0.05) is 0 Å². The van der Waals surface area contributed by atoms with Crippen molar-refractivity contribution in [3.8, 4) is 0 Å². The summed E-state index contributed by atoms with van der Waals surface area (Å²) in [6.45, 7) is 0. The first kappa shape index (κ1) is 10.7. The van der Waals surface area contributed by atoms with Crippen molar-refractivity contribution in [3.63, 3.8) is 0 Å². The molecule has 0 aromatic carbocycles. The molecule has 0 amide bonds. The standard InChI is InChI=1S/C6H2ClF3N2O2/c7-3-4(6(9)10)11-1-2(8)5(3)12(13)14/h1,6H. The van der Waals surface area contributed by atoms with Crippen LogP contribution in [0.4, 0.5) is 18.9 Å². The van der Waals surface area contributed by atoms with Gasteiger partial charge < -0.3 is 0 Å². The largest absolute Gasteiger partial charge is 0.326 e. The minimum Gasteiger partial charge on any atom is -0.258 e. The molecule has 0 spiro atoms. The highest BCUT2D eigenvalue weighted by Crippen LogP contribution is 2.33. The molecule has 0 radical (unpaired) electrons. The van der Waals surface area contributed by atoms with E-state index in [1.54, 1.807) is 0 Å². The Balaban J connectivity index is 3.41. The molecule has 0 aliphatic heterocycles. The topological polar surface area (TPSA) is 56.0 Å². The zero-order chi connectivity index (χ0) is 10.9. The van der Waals surface area contributed by atoms with Crippen molar-refractivity contribution >= 4 is 17.3 Å². The molecule has 14 heavy (non-hydrogen) atoms. The summed E-state index contributed by atoms with van der Waals surface area (Å²) in [7, 11) is 0. The molecule has 0 fully saturated rings. The Hall–Kier alpha value is -1.37. The summed E-state index contributed by atoms with van der Waals surface area (Å²) >= 11 is 5.18. The summed E-state index contributed by atoms with van der Waals surface area (Å²) in [5, 5.41) is 9.26. The molecule has 1 heterocycles. The summed E-state index contributed by atoms with van der Waals surface area (Å²) in [6, 6.07) is 0. The quantitative estimate of drug-likeness (QED) is 0.575. The number of halogens is 4. The third-order valence-corrected chi connectivity index (χ3v) is 1.74. The zero-order valence-electron chi connectivity index (χ0n) is 6.38. The first-order valence-corrected chi connectivity index (χ1v) is 3.59. The van der Waals surface area contributed by atoms with Crippen LogP contribution in [0.25, 0.3) is 0 Å². The van der Waals surface area contributed by atoms with Crippen LogP contribution in [0.2, 0.25) is 5.02 Å². The van der Waals surface area contributed by atoms with Gasteiger partial charge in [-0.25, -0.2) is 8.78 Å². The minimum atomic E-state index is -3.08. The first-order valence-electron chi connectivity index (χ1n) is 3.21. The van der Waals surface area contributed by atoms with Crippen molar-refractivity contribution in [2.75, 3.05) is 0 Å². The average Bonchev–Trinajstić information content (AvgIpc) is 2.02. The Morgan fingerprint density at radius 1 is 1.57 bits per heavy atom. The van der Waals surface area contributed by atoms with Gasteiger partial charge >= 0.3 is 5.69 Å². The van der Waals surface area contributed by atoms with Crippen LogP contribution >= 0.6 is 11.6 Å². The van der Waals surface area contributed by atoms with Gasteiger partial charge in [0.2, 0.25) is 5.82 Å². The molecule has 1 aromatic heterocycles. The molecule has 0 atom stereocenters. The maximum atomic E-state index is 12.7. The molecule has 0 saturated carbocycles. The van der Waals surface area contributed by atoms with E-state index in [-0.39, 0.29) is 0 Å². The number of hydrogen-bond donors (Lipinski definition) is 0. The Morgan fingerprint density at radius 3 is 2.57 bits per heavy atom. The van der Waals surface area contributed by atoms with Crippen molar-refractivity contribution in [1.29, 1.82) is 0 Å². The highest BCUT2D eigenvalue weighted by atomic mass is 35.5. The van der Waals surface area contributed by atoms with Gasteiger partial charge in [-0.2, -0.15) is 4.39 Å². The molecule has 0 aliphatic carbocycles. The predicted molar refractivity (Wildman–Crippen MR) is 40.8 cm³/mol. The van der Waals surface area contributed by atoms with Gasteiger partial charge in [0.25, 0.3) is 6.43 Å². The lowest BCUT2D eigenvalue weighted by molar-refractivity contribution is -0.387. The molecule has 4 nitrogen and oxygen atoms in total. The molecular formula is C6H2ClF3N2O2. The minimum absolute atomic E-state index is 0.339. The first-order chi connectivity index (χ1) is 6.45. The second-order valence-electron chi connectivity index (χ2n) is 2.21. The monoisotopic (exact) mass is 226 g/mol. The van der Waals surface area contributed by atoms with Gasteiger partial charge in [-0.3, -0.25) is 15.1 Å². The third kappa shape index (κ3) is 1.77. The van der Waals surface area contributed by atoms with Gasteiger partial charge in [-0.1, -0.05) is 11.6 Å². The van der Waals surface area contributed by atoms with Crippen LogP contribution in [0.3, 0.4) is 0 Å². The Kier molecular flexibility index (Phi) is 2.90. The smallest absolute Gasteiger partial charge is 0.258 e. The highest BCUT2D eigenvalue weighted by molar-refractivity contribution is 6.33. The molecule has 1 rings (SSSR count). The van der Waals surface area contributed by atoms with E-state index in [2.05, 4.69) is 4.98 Å². The zero-order valence-corrected chi connectivity index (χ0v) is 7.13. The number of nitro groups is 1. The normalized spacial score (nSPS) is 10.6. The summed E-state index contributed by atoms with van der Waals surface area (Å²) in [5.74, 6) is -1.34. The van der Waals surface area contributed by atoms with Crippen molar-refractivity contribution in [2.45, 2.75) is 6.43 Å². The fraction of sp³-hybridized carbons (Fsp3) is 0.167. The van der Waals surface area contributed by atoms with E-state index in [9.17, 15) is 23.3 Å². The van der Waals surface area contributed by atoms with Crippen LogP contribution in [0.1, 0.15) is 12.1 Å².